The summed E-state index contributed by atoms with van der Waals surface area (Å²) in [5.41, 5.74) is 1.86. The van der Waals surface area contributed by atoms with Gasteiger partial charge in [0.25, 0.3) is 5.91 Å². The second-order valence-corrected chi connectivity index (χ2v) is 8.41. The quantitative estimate of drug-likeness (QED) is 0.292. The number of fused-ring (bicyclic) bond motifs is 1. The van der Waals surface area contributed by atoms with E-state index >= 15 is 0 Å². The average Bonchev–Trinajstić information content (AvgIpc) is 2.98. The number of nitrogens with one attached hydrogen (secondary N) is 1. The largest absolute Gasteiger partial charge is 0.489 e. The zero-order valence-corrected chi connectivity index (χ0v) is 18.6. The van der Waals surface area contributed by atoms with Crippen molar-refractivity contribution in [2.75, 3.05) is 6.61 Å². The van der Waals surface area contributed by atoms with Gasteiger partial charge in [0, 0.05) is 28.7 Å². The fourth-order valence-corrected chi connectivity index (χ4v) is 4.38. The standard InChI is InChI=1S/C27H28FN3O2/c28-24-12-6-8-14-26(24)33-16-15-31-19-21(23-11-5-7-13-25(23)31)17-20(18-29)27(32)30-22-9-3-1-2-4-10-22/h5-8,11-14,17,19,22H,1-4,9-10,15-16H2,(H,30,32)/b20-17+. The molecule has 4 rings (SSSR count). The van der Waals surface area contributed by atoms with Crippen LogP contribution in [0.2, 0.25) is 0 Å². The molecule has 6 heteroatoms. The summed E-state index contributed by atoms with van der Waals surface area (Å²) in [7, 11) is 0. The normalized spacial score (nSPS) is 15.1. The van der Waals surface area contributed by atoms with E-state index in [1.165, 1.54) is 18.9 Å². The van der Waals surface area contributed by atoms with Crippen molar-refractivity contribution in [2.45, 2.75) is 51.1 Å². The predicted octanol–water partition coefficient (Wildman–Crippen LogP) is 5.61. The molecular weight excluding hydrogens is 417 g/mol. The van der Waals surface area contributed by atoms with Crippen LogP contribution < -0.4 is 10.1 Å². The number of hydrogen-bond donors (Lipinski definition) is 1. The van der Waals surface area contributed by atoms with Crippen molar-refractivity contribution in [3.05, 3.63) is 71.7 Å². The first kappa shape index (κ1) is 22.6. The summed E-state index contributed by atoms with van der Waals surface area (Å²) < 4.78 is 21.4. The summed E-state index contributed by atoms with van der Waals surface area (Å²) in [6.45, 7) is 0.787. The van der Waals surface area contributed by atoms with Crippen molar-refractivity contribution in [1.29, 1.82) is 5.26 Å². The molecule has 33 heavy (non-hydrogen) atoms. The highest BCUT2D eigenvalue weighted by Gasteiger charge is 2.18. The molecule has 2 aromatic carbocycles. The Labute approximate surface area is 193 Å². The van der Waals surface area contributed by atoms with Crippen LogP contribution in [0.4, 0.5) is 4.39 Å². The Morgan fingerprint density at radius 2 is 1.85 bits per heavy atom. The molecule has 5 nitrogen and oxygen atoms in total. The molecule has 1 aliphatic rings. The lowest BCUT2D eigenvalue weighted by atomic mass is 10.1. The zero-order valence-electron chi connectivity index (χ0n) is 18.6. The van der Waals surface area contributed by atoms with E-state index in [9.17, 15) is 14.4 Å². The molecule has 1 amide bonds. The topological polar surface area (TPSA) is 67.0 Å². The molecule has 1 heterocycles. The SMILES string of the molecule is N#C/C(=C\c1cn(CCOc2ccccc2F)c2ccccc12)C(=O)NC1CCCCCC1. The van der Waals surface area contributed by atoms with Gasteiger partial charge < -0.3 is 14.6 Å². The van der Waals surface area contributed by atoms with E-state index in [-0.39, 0.29) is 29.9 Å². The van der Waals surface area contributed by atoms with Gasteiger partial charge in [-0.25, -0.2) is 4.39 Å². The van der Waals surface area contributed by atoms with Crippen molar-refractivity contribution in [3.8, 4) is 11.8 Å². The third kappa shape index (κ3) is 5.61. The number of carbonyl (C=O) groups excluding carboxylic acids is 1. The first-order valence-electron chi connectivity index (χ1n) is 11.5. The molecule has 170 valence electrons. The summed E-state index contributed by atoms with van der Waals surface area (Å²) >= 11 is 0. The molecule has 1 aliphatic carbocycles. The minimum atomic E-state index is -0.392. The highest BCUT2D eigenvalue weighted by atomic mass is 19.1. The number of aromatic nitrogens is 1. The highest BCUT2D eigenvalue weighted by molar-refractivity contribution is 6.04. The predicted molar refractivity (Wildman–Crippen MR) is 127 cm³/mol. The Morgan fingerprint density at radius 3 is 2.61 bits per heavy atom. The summed E-state index contributed by atoms with van der Waals surface area (Å²) in [5.74, 6) is -0.489. The Hall–Kier alpha value is -3.59. The van der Waals surface area contributed by atoms with Gasteiger partial charge in [-0.1, -0.05) is 56.0 Å². The van der Waals surface area contributed by atoms with Crippen LogP contribution in [0.25, 0.3) is 17.0 Å². The van der Waals surface area contributed by atoms with Gasteiger partial charge in [-0.3, -0.25) is 4.79 Å². The lowest BCUT2D eigenvalue weighted by Gasteiger charge is -2.15. The average molecular weight is 446 g/mol. The van der Waals surface area contributed by atoms with Gasteiger partial charge >= 0.3 is 0 Å². The molecule has 3 aromatic rings. The molecule has 0 spiro atoms. The molecule has 1 aromatic heterocycles. The van der Waals surface area contributed by atoms with E-state index in [1.54, 1.807) is 24.3 Å². The van der Waals surface area contributed by atoms with Gasteiger partial charge in [0.1, 0.15) is 18.2 Å². The Balaban J connectivity index is 1.51. The van der Waals surface area contributed by atoms with Crippen LogP contribution in [0.3, 0.4) is 0 Å². The van der Waals surface area contributed by atoms with Gasteiger partial charge in [0.05, 0.1) is 6.54 Å². The number of halogens is 1. The minimum absolute atomic E-state index is 0.102. The highest BCUT2D eigenvalue weighted by Crippen LogP contribution is 2.24. The summed E-state index contributed by atoms with van der Waals surface area (Å²) in [4.78, 5) is 12.8. The molecule has 1 N–H and O–H groups in total. The molecule has 1 saturated carbocycles. The summed E-state index contributed by atoms with van der Waals surface area (Å²) in [5, 5.41) is 13.7. The van der Waals surface area contributed by atoms with Crippen molar-refractivity contribution >= 4 is 22.9 Å². The number of ether oxygens (including phenoxy) is 1. The Bertz CT molecular complexity index is 1180. The molecule has 0 unspecified atom stereocenters. The maximum atomic E-state index is 13.8. The van der Waals surface area contributed by atoms with E-state index < -0.39 is 5.82 Å². The molecule has 0 atom stereocenters. The second-order valence-electron chi connectivity index (χ2n) is 8.41. The van der Waals surface area contributed by atoms with Gasteiger partial charge in [0.15, 0.2) is 11.6 Å². The van der Waals surface area contributed by atoms with E-state index in [4.69, 9.17) is 4.74 Å². The van der Waals surface area contributed by atoms with Crippen LogP contribution >= 0.6 is 0 Å². The molecule has 0 aliphatic heterocycles. The number of carbonyl (C=O) groups is 1. The summed E-state index contributed by atoms with van der Waals surface area (Å²) in [6.07, 6.45) is 10.1. The first-order chi connectivity index (χ1) is 16.2. The van der Waals surface area contributed by atoms with Crippen molar-refractivity contribution in [3.63, 3.8) is 0 Å². The number of amides is 1. The fourth-order valence-electron chi connectivity index (χ4n) is 4.38. The third-order valence-electron chi connectivity index (χ3n) is 6.10. The van der Waals surface area contributed by atoms with Crippen LogP contribution in [0.1, 0.15) is 44.1 Å². The number of nitrogens with zero attached hydrogens (tertiary/aromatic N) is 2. The Kier molecular flexibility index (Phi) is 7.41. The van der Waals surface area contributed by atoms with Crippen molar-refractivity contribution < 1.29 is 13.9 Å². The lowest BCUT2D eigenvalue weighted by molar-refractivity contribution is -0.117. The lowest BCUT2D eigenvalue weighted by Crippen LogP contribution is -2.35. The second kappa shape index (κ2) is 10.8. The van der Waals surface area contributed by atoms with E-state index in [2.05, 4.69) is 11.4 Å². The molecule has 0 saturated heterocycles. The van der Waals surface area contributed by atoms with Gasteiger partial charge in [-0.15, -0.1) is 0 Å². The smallest absolute Gasteiger partial charge is 0.262 e. The van der Waals surface area contributed by atoms with Gasteiger partial charge in [-0.05, 0) is 37.1 Å². The molecule has 0 bridgehead atoms. The van der Waals surface area contributed by atoms with Crippen molar-refractivity contribution in [2.24, 2.45) is 0 Å². The van der Waals surface area contributed by atoms with Crippen LogP contribution in [0.5, 0.6) is 5.75 Å². The zero-order chi connectivity index (χ0) is 23.0. The van der Waals surface area contributed by atoms with Crippen LogP contribution in [0, 0.1) is 17.1 Å². The number of para-hydroxylation sites is 2. The third-order valence-corrected chi connectivity index (χ3v) is 6.10. The van der Waals surface area contributed by atoms with Gasteiger partial charge in [0.2, 0.25) is 0 Å². The van der Waals surface area contributed by atoms with Gasteiger partial charge in [-0.2, -0.15) is 5.26 Å². The first-order valence-corrected chi connectivity index (χ1v) is 11.5. The van der Waals surface area contributed by atoms with Crippen LogP contribution in [-0.4, -0.2) is 23.1 Å². The van der Waals surface area contributed by atoms with Crippen LogP contribution in [-0.2, 0) is 11.3 Å². The van der Waals surface area contributed by atoms with E-state index in [0.29, 0.717) is 6.54 Å². The maximum Gasteiger partial charge on any atom is 0.262 e. The molecule has 1 fully saturated rings. The minimum Gasteiger partial charge on any atom is -0.489 e. The number of benzene rings is 2. The molecular formula is C27H28FN3O2. The van der Waals surface area contributed by atoms with Crippen LogP contribution in [0.15, 0.2) is 60.3 Å². The monoisotopic (exact) mass is 445 g/mol. The molecule has 0 radical (unpaired) electrons. The number of nitriles is 1. The van der Waals surface area contributed by atoms with Crippen molar-refractivity contribution in [1.82, 2.24) is 9.88 Å². The van der Waals surface area contributed by atoms with E-state index in [1.807, 2.05) is 35.0 Å². The summed E-state index contributed by atoms with van der Waals surface area (Å²) in [6, 6.07) is 16.3. The Morgan fingerprint density at radius 1 is 1.12 bits per heavy atom. The fraction of sp³-hybridized carbons (Fsp3) is 0.333. The maximum absolute atomic E-state index is 13.8. The van der Waals surface area contributed by atoms with E-state index in [0.717, 1.165) is 42.1 Å². The number of hydrogen-bond acceptors (Lipinski definition) is 3. The number of rotatable bonds is 7.